The van der Waals surface area contributed by atoms with Gasteiger partial charge in [0.2, 0.25) is 0 Å². The normalized spacial score (nSPS) is 11.2. The molecule has 0 aromatic heterocycles. The maximum Gasteiger partial charge on any atom is 0.104 e. The van der Waals surface area contributed by atoms with Crippen LogP contribution in [0.1, 0.15) is 56.6 Å². The molecule has 0 aliphatic rings. The molecule has 0 radical (unpaired) electrons. The van der Waals surface area contributed by atoms with Crippen LogP contribution in [-0.4, -0.2) is 25.6 Å². The lowest BCUT2D eigenvalue weighted by molar-refractivity contribution is -0.884. The second-order valence-corrected chi connectivity index (χ2v) is 6.73. The minimum Gasteiger partial charge on any atom is -1.00 e. The van der Waals surface area contributed by atoms with E-state index in [4.69, 9.17) is 0 Å². The van der Waals surface area contributed by atoms with E-state index >= 15 is 0 Å². The van der Waals surface area contributed by atoms with Crippen LogP contribution in [0.5, 0.6) is 0 Å². The molecule has 1 nitrogen and oxygen atoms in total. The molecule has 0 fully saturated rings. The summed E-state index contributed by atoms with van der Waals surface area (Å²) >= 11 is 0. The monoisotopic (exact) mass is 297 g/mol. The van der Waals surface area contributed by atoms with Crippen molar-refractivity contribution in [2.45, 2.75) is 58.4 Å². The van der Waals surface area contributed by atoms with E-state index < -0.39 is 0 Å². The van der Waals surface area contributed by atoms with E-state index in [9.17, 15) is 0 Å². The summed E-state index contributed by atoms with van der Waals surface area (Å²) in [7, 11) is 6.80. The molecule has 0 heterocycles. The third-order valence-corrected chi connectivity index (χ3v) is 3.56. The summed E-state index contributed by atoms with van der Waals surface area (Å²) in [6.07, 6.45) is 9.55. The summed E-state index contributed by atoms with van der Waals surface area (Å²) in [5.74, 6) is 0. The fourth-order valence-corrected chi connectivity index (χ4v) is 2.56. The number of nitrogens with zero attached hydrogens (tertiary/aromatic N) is 1. The summed E-state index contributed by atoms with van der Waals surface area (Å²) in [4.78, 5) is 0. The smallest absolute Gasteiger partial charge is 0.104 e. The van der Waals surface area contributed by atoms with Gasteiger partial charge in [0.1, 0.15) is 6.54 Å². The molecular weight excluding hydrogens is 266 g/mol. The topological polar surface area (TPSA) is 0 Å². The van der Waals surface area contributed by atoms with Crippen LogP contribution in [0.25, 0.3) is 0 Å². The Hall–Kier alpha value is -0.530. The highest BCUT2D eigenvalue weighted by Crippen LogP contribution is 2.16. The lowest BCUT2D eigenvalue weighted by atomic mass is 10.00. The number of hydrogen-bond acceptors (Lipinski definition) is 0. The zero-order valence-electron chi connectivity index (χ0n) is 13.8. The van der Waals surface area contributed by atoms with Gasteiger partial charge >= 0.3 is 0 Å². The number of aryl methyl sites for hydroxylation is 1. The average Bonchev–Trinajstić information content (AvgIpc) is 2.33. The van der Waals surface area contributed by atoms with E-state index in [1.165, 1.54) is 50.5 Å². The molecule has 116 valence electrons. The first-order valence-electron chi connectivity index (χ1n) is 7.90. The molecule has 0 amide bonds. The molecule has 0 spiro atoms. The van der Waals surface area contributed by atoms with Crippen LogP contribution in [0.3, 0.4) is 0 Å². The Morgan fingerprint density at radius 3 is 1.95 bits per heavy atom. The zero-order chi connectivity index (χ0) is 14.1. The molecule has 0 bridgehead atoms. The minimum atomic E-state index is 0. The summed E-state index contributed by atoms with van der Waals surface area (Å²) in [6.45, 7) is 3.41. The van der Waals surface area contributed by atoms with E-state index in [-0.39, 0.29) is 12.4 Å². The van der Waals surface area contributed by atoms with E-state index in [0.717, 1.165) is 11.0 Å². The van der Waals surface area contributed by atoms with Crippen molar-refractivity contribution in [3.63, 3.8) is 0 Å². The fraction of sp³-hybridized carbons (Fsp3) is 0.667. The van der Waals surface area contributed by atoms with Gasteiger partial charge in [-0.3, -0.25) is 0 Å². The van der Waals surface area contributed by atoms with Gasteiger partial charge < -0.3 is 16.9 Å². The highest BCUT2D eigenvalue weighted by molar-refractivity contribution is 5.26. The van der Waals surface area contributed by atoms with Crippen LogP contribution in [-0.2, 0) is 13.0 Å². The quantitative estimate of drug-likeness (QED) is 0.482. The summed E-state index contributed by atoms with van der Waals surface area (Å²) in [5, 5.41) is 0. The van der Waals surface area contributed by atoms with Gasteiger partial charge in [-0.05, 0) is 18.4 Å². The highest BCUT2D eigenvalue weighted by Gasteiger charge is 2.11. The number of rotatable bonds is 9. The average molecular weight is 298 g/mol. The Labute approximate surface area is 132 Å². The lowest BCUT2D eigenvalue weighted by Crippen LogP contribution is -3.00. The SMILES string of the molecule is CCCCCCCCc1ccccc1C[N+](C)(C)C.[Cl-]. The molecule has 0 saturated carbocycles. The third-order valence-electron chi connectivity index (χ3n) is 3.56. The summed E-state index contributed by atoms with van der Waals surface area (Å²) in [5.41, 5.74) is 3.09. The summed E-state index contributed by atoms with van der Waals surface area (Å²) in [6, 6.07) is 8.98. The second kappa shape index (κ2) is 10.2. The van der Waals surface area contributed by atoms with Crippen molar-refractivity contribution < 1.29 is 16.9 Å². The fourth-order valence-electron chi connectivity index (χ4n) is 2.56. The Bertz CT molecular complexity index is 355. The predicted octanol–water partition coefficient (Wildman–Crippen LogP) is 1.80. The molecule has 0 N–H and O–H groups in total. The van der Waals surface area contributed by atoms with Crippen molar-refractivity contribution in [3.8, 4) is 0 Å². The van der Waals surface area contributed by atoms with Crippen molar-refractivity contribution in [3.05, 3.63) is 35.4 Å². The van der Waals surface area contributed by atoms with E-state index in [0.29, 0.717) is 0 Å². The van der Waals surface area contributed by atoms with Crippen molar-refractivity contribution in [2.24, 2.45) is 0 Å². The van der Waals surface area contributed by atoms with Crippen LogP contribution in [0.2, 0.25) is 0 Å². The van der Waals surface area contributed by atoms with Gasteiger partial charge in [0.25, 0.3) is 0 Å². The summed E-state index contributed by atoms with van der Waals surface area (Å²) < 4.78 is 1.01. The number of hydrogen-bond donors (Lipinski definition) is 0. The van der Waals surface area contributed by atoms with Gasteiger partial charge in [-0.2, -0.15) is 0 Å². The molecule has 1 aromatic carbocycles. The van der Waals surface area contributed by atoms with Crippen molar-refractivity contribution in [1.29, 1.82) is 0 Å². The molecule has 0 unspecified atom stereocenters. The van der Waals surface area contributed by atoms with Crippen LogP contribution in [0.4, 0.5) is 0 Å². The van der Waals surface area contributed by atoms with E-state index in [1.54, 1.807) is 5.56 Å². The zero-order valence-corrected chi connectivity index (χ0v) is 14.5. The molecular formula is C18H32ClN. The molecule has 1 aromatic rings. The van der Waals surface area contributed by atoms with Gasteiger partial charge in [0.05, 0.1) is 21.1 Å². The maximum atomic E-state index is 2.32. The molecule has 0 aliphatic heterocycles. The van der Waals surface area contributed by atoms with Gasteiger partial charge in [-0.25, -0.2) is 0 Å². The molecule has 2 heteroatoms. The van der Waals surface area contributed by atoms with Crippen LogP contribution >= 0.6 is 0 Å². The first kappa shape index (κ1) is 19.5. The van der Waals surface area contributed by atoms with E-state index in [1.807, 2.05) is 0 Å². The van der Waals surface area contributed by atoms with Crippen LogP contribution in [0, 0.1) is 0 Å². The first-order valence-corrected chi connectivity index (χ1v) is 7.90. The van der Waals surface area contributed by atoms with Crippen LogP contribution < -0.4 is 12.4 Å². The van der Waals surface area contributed by atoms with Crippen LogP contribution in [0.15, 0.2) is 24.3 Å². The first-order chi connectivity index (χ1) is 9.03. The van der Waals surface area contributed by atoms with Crippen molar-refractivity contribution in [2.75, 3.05) is 21.1 Å². The lowest BCUT2D eigenvalue weighted by Gasteiger charge is -2.25. The maximum absolute atomic E-state index is 2.32. The third kappa shape index (κ3) is 8.60. The van der Waals surface area contributed by atoms with E-state index in [2.05, 4.69) is 52.3 Å². The number of unbranched alkanes of at least 4 members (excludes halogenated alkanes) is 5. The molecule has 0 saturated heterocycles. The highest BCUT2D eigenvalue weighted by atomic mass is 35.5. The molecule has 0 atom stereocenters. The van der Waals surface area contributed by atoms with Crippen molar-refractivity contribution >= 4 is 0 Å². The number of benzene rings is 1. The predicted molar refractivity (Wildman–Crippen MR) is 85.3 cm³/mol. The van der Waals surface area contributed by atoms with Gasteiger partial charge in [0.15, 0.2) is 0 Å². The largest absolute Gasteiger partial charge is 1.00 e. The standard InChI is InChI=1S/C18H32N.ClH/c1-5-6-7-8-9-10-13-17-14-11-12-15-18(17)16-19(2,3)4;/h11-12,14-15H,5-10,13,16H2,1-4H3;1H/q+1;/p-1. The van der Waals surface area contributed by atoms with Gasteiger partial charge in [0, 0.05) is 5.56 Å². The number of quaternary nitrogens is 1. The Balaban J connectivity index is 0.00000361. The Morgan fingerprint density at radius 2 is 1.35 bits per heavy atom. The molecule has 1 rings (SSSR count). The Morgan fingerprint density at radius 1 is 0.800 bits per heavy atom. The van der Waals surface area contributed by atoms with Gasteiger partial charge in [-0.15, -0.1) is 0 Å². The second-order valence-electron chi connectivity index (χ2n) is 6.73. The van der Waals surface area contributed by atoms with Gasteiger partial charge in [-0.1, -0.05) is 63.3 Å². The number of halogens is 1. The minimum absolute atomic E-state index is 0. The molecule has 0 aliphatic carbocycles. The van der Waals surface area contributed by atoms with Crippen molar-refractivity contribution in [1.82, 2.24) is 0 Å². The molecule has 20 heavy (non-hydrogen) atoms. The Kier molecular flexibility index (Phi) is 9.96.